The molecule has 3 aromatic rings. The molecule has 2 aromatic heterocycles. The van der Waals surface area contributed by atoms with E-state index in [1.54, 1.807) is 53.3 Å². The van der Waals surface area contributed by atoms with Gasteiger partial charge in [0, 0.05) is 18.6 Å². The maximum atomic E-state index is 12.2. The maximum absolute atomic E-state index is 12.2. The van der Waals surface area contributed by atoms with Crippen LogP contribution < -0.4 is 5.32 Å². The molecule has 2 heterocycles. The van der Waals surface area contributed by atoms with Gasteiger partial charge < -0.3 is 9.72 Å². The molecule has 100 valence electrons. The number of anilines is 1. The summed E-state index contributed by atoms with van der Waals surface area (Å²) in [6, 6.07) is 8.56. The fourth-order valence-corrected chi connectivity index (χ4v) is 2.20. The van der Waals surface area contributed by atoms with Gasteiger partial charge >= 0.3 is 0 Å². The molecule has 6 heteroatoms. The van der Waals surface area contributed by atoms with Crippen molar-refractivity contribution >= 4 is 40.4 Å². The van der Waals surface area contributed by atoms with E-state index in [2.05, 4.69) is 10.3 Å². The average molecular weight is 306 g/mol. The van der Waals surface area contributed by atoms with Gasteiger partial charge in [0.15, 0.2) is 0 Å². The highest BCUT2D eigenvalue weighted by Gasteiger charge is 2.10. The van der Waals surface area contributed by atoms with Crippen LogP contribution in [0.15, 0.2) is 48.9 Å². The lowest BCUT2D eigenvalue weighted by atomic mass is 10.2. The van der Waals surface area contributed by atoms with Gasteiger partial charge in [-0.25, -0.2) is 4.98 Å². The van der Waals surface area contributed by atoms with Crippen LogP contribution in [0.2, 0.25) is 10.0 Å². The van der Waals surface area contributed by atoms with Gasteiger partial charge in [-0.1, -0.05) is 29.3 Å². The summed E-state index contributed by atoms with van der Waals surface area (Å²) in [4.78, 5) is 16.3. The number of imidazole rings is 1. The van der Waals surface area contributed by atoms with Crippen LogP contribution >= 0.6 is 23.2 Å². The highest BCUT2D eigenvalue weighted by Crippen LogP contribution is 2.29. The predicted molar refractivity (Wildman–Crippen MR) is 79.6 cm³/mol. The molecule has 0 saturated heterocycles. The van der Waals surface area contributed by atoms with Crippen molar-refractivity contribution in [3.05, 3.63) is 64.5 Å². The molecule has 0 spiro atoms. The second kappa shape index (κ2) is 5.15. The van der Waals surface area contributed by atoms with Crippen LogP contribution in [0.4, 0.5) is 5.69 Å². The van der Waals surface area contributed by atoms with Crippen LogP contribution in [0.5, 0.6) is 0 Å². The van der Waals surface area contributed by atoms with Crippen LogP contribution in [0.1, 0.15) is 10.4 Å². The Morgan fingerprint density at radius 1 is 1.20 bits per heavy atom. The number of halogens is 2. The second-order valence-corrected chi connectivity index (χ2v) is 4.95. The minimum atomic E-state index is -0.259. The minimum absolute atomic E-state index is 0.259. The van der Waals surface area contributed by atoms with E-state index in [-0.39, 0.29) is 5.91 Å². The molecule has 20 heavy (non-hydrogen) atoms. The lowest BCUT2D eigenvalue weighted by Crippen LogP contribution is -2.12. The molecule has 0 radical (unpaired) electrons. The molecule has 0 aliphatic carbocycles. The number of amides is 1. The summed E-state index contributed by atoms with van der Waals surface area (Å²) in [6.07, 6.45) is 5.15. The Morgan fingerprint density at radius 3 is 2.90 bits per heavy atom. The van der Waals surface area contributed by atoms with Crippen LogP contribution in [0.3, 0.4) is 0 Å². The third-order valence-corrected chi connectivity index (χ3v) is 3.67. The zero-order valence-electron chi connectivity index (χ0n) is 10.2. The molecular formula is C14H9Cl2N3O. The Hall–Kier alpha value is -2.04. The molecule has 0 bridgehead atoms. The first-order chi connectivity index (χ1) is 9.65. The molecule has 0 aliphatic heterocycles. The Morgan fingerprint density at radius 2 is 2.05 bits per heavy atom. The van der Waals surface area contributed by atoms with E-state index in [1.807, 2.05) is 0 Å². The number of carbonyl (C=O) groups is 1. The van der Waals surface area contributed by atoms with Crippen molar-refractivity contribution in [2.75, 3.05) is 5.32 Å². The Balaban J connectivity index is 1.90. The molecule has 0 fully saturated rings. The number of nitrogens with zero attached hydrogens (tertiary/aromatic N) is 2. The Kier molecular flexibility index (Phi) is 3.34. The fraction of sp³-hybridized carbons (Fsp3) is 0. The SMILES string of the molecule is O=C(Nc1cccc(Cl)c1Cl)c1ccc2nccn2c1. The topological polar surface area (TPSA) is 46.4 Å². The lowest BCUT2D eigenvalue weighted by Gasteiger charge is -2.08. The van der Waals surface area contributed by atoms with Crippen LogP contribution in [0, 0.1) is 0 Å². The van der Waals surface area contributed by atoms with Gasteiger partial charge in [0.1, 0.15) is 5.65 Å². The first-order valence-electron chi connectivity index (χ1n) is 5.83. The van der Waals surface area contributed by atoms with Gasteiger partial charge in [0.25, 0.3) is 5.91 Å². The molecule has 1 aromatic carbocycles. The third kappa shape index (κ3) is 2.35. The summed E-state index contributed by atoms with van der Waals surface area (Å²) in [5, 5.41) is 3.46. The molecule has 1 N–H and O–H groups in total. The number of hydrogen-bond acceptors (Lipinski definition) is 2. The van der Waals surface area contributed by atoms with Crippen molar-refractivity contribution in [2.45, 2.75) is 0 Å². The molecular weight excluding hydrogens is 297 g/mol. The summed E-state index contributed by atoms with van der Waals surface area (Å²) < 4.78 is 1.77. The Bertz CT molecular complexity index is 798. The van der Waals surface area contributed by atoms with E-state index in [0.717, 1.165) is 5.65 Å². The maximum Gasteiger partial charge on any atom is 0.257 e. The highest BCUT2D eigenvalue weighted by atomic mass is 35.5. The number of aromatic nitrogens is 2. The summed E-state index contributed by atoms with van der Waals surface area (Å²) in [7, 11) is 0. The number of carbonyl (C=O) groups excluding carboxylic acids is 1. The number of nitrogens with one attached hydrogen (secondary N) is 1. The normalized spacial score (nSPS) is 10.7. The number of fused-ring (bicyclic) bond motifs is 1. The van der Waals surface area contributed by atoms with Gasteiger partial charge in [-0.05, 0) is 24.3 Å². The van der Waals surface area contributed by atoms with E-state index in [1.165, 1.54) is 0 Å². The van der Waals surface area contributed by atoms with Crippen molar-refractivity contribution in [2.24, 2.45) is 0 Å². The van der Waals surface area contributed by atoms with Gasteiger partial charge in [0.05, 0.1) is 21.3 Å². The summed E-state index contributed by atoms with van der Waals surface area (Å²) in [5.41, 5.74) is 1.77. The van der Waals surface area contributed by atoms with Crippen molar-refractivity contribution < 1.29 is 4.79 Å². The summed E-state index contributed by atoms with van der Waals surface area (Å²) in [6.45, 7) is 0. The van der Waals surface area contributed by atoms with Crippen molar-refractivity contribution in [1.82, 2.24) is 9.38 Å². The summed E-state index contributed by atoms with van der Waals surface area (Å²) >= 11 is 12.0. The van der Waals surface area contributed by atoms with Gasteiger partial charge in [-0.15, -0.1) is 0 Å². The van der Waals surface area contributed by atoms with Gasteiger partial charge in [0.2, 0.25) is 0 Å². The lowest BCUT2D eigenvalue weighted by molar-refractivity contribution is 0.102. The fourth-order valence-electron chi connectivity index (χ4n) is 1.85. The molecule has 0 atom stereocenters. The number of benzene rings is 1. The standard InChI is InChI=1S/C14H9Cl2N3O/c15-10-2-1-3-11(13(10)16)18-14(20)9-4-5-12-17-6-7-19(12)8-9/h1-8H,(H,18,20). The van der Waals surface area contributed by atoms with E-state index in [4.69, 9.17) is 23.2 Å². The monoisotopic (exact) mass is 305 g/mol. The zero-order chi connectivity index (χ0) is 14.1. The zero-order valence-corrected chi connectivity index (χ0v) is 11.7. The Labute approximate surface area is 125 Å². The van der Waals surface area contributed by atoms with Crippen molar-refractivity contribution in [3.8, 4) is 0 Å². The highest BCUT2D eigenvalue weighted by molar-refractivity contribution is 6.44. The van der Waals surface area contributed by atoms with Crippen molar-refractivity contribution in [3.63, 3.8) is 0 Å². The van der Waals surface area contributed by atoms with Crippen LogP contribution in [0.25, 0.3) is 5.65 Å². The summed E-state index contributed by atoms with van der Waals surface area (Å²) in [5.74, 6) is -0.259. The third-order valence-electron chi connectivity index (χ3n) is 2.85. The van der Waals surface area contributed by atoms with E-state index >= 15 is 0 Å². The van der Waals surface area contributed by atoms with Gasteiger partial charge in [-0.3, -0.25) is 4.79 Å². The van der Waals surface area contributed by atoms with E-state index in [0.29, 0.717) is 21.3 Å². The molecule has 1 amide bonds. The van der Waals surface area contributed by atoms with Crippen LogP contribution in [-0.2, 0) is 0 Å². The van der Waals surface area contributed by atoms with E-state index in [9.17, 15) is 4.79 Å². The molecule has 0 saturated carbocycles. The number of pyridine rings is 1. The molecule has 4 nitrogen and oxygen atoms in total. The smallest absolute Gasteiger partial charge is 0.257 e. The predicted octanol–water partition coefficient (Wildman–Crippen LogP) is 3.89. The molecule has 0 aliphatic rings. The van der Waals surface area contributed by atoms with Gasteiger partial charge in [-0.2, -0.15) is 0 Å². The van der Waals surface area contributed by atoms with Crippen LogP contribution in [-0.4, -0.2) is 15.3 Å². The van der Waals surface area contributed by atoms with E-state index < -0.39 is 0 Å². The minimum Gasteiger partial charge on any atom is -0.321 e. The first kappa shape index (κ1) is 13.0. The molecule has 0 unspecified atom stereocenters. The average Bonchev–Trinajstić information content (AvgIpc) is 2.91. The number of rotatable bonds is 2. The van der Waals surface area contributed by atoms with Crippen molar-refractivity contribution in [1.29, 1.82) is 0 Å². The number of hydrogen-bond donors (Lipinski definition) is 1. The molecule has 3 rings (SSSR count). The first-order valence-corrected chi connectivity index (χ1v) is 6.59. The largest absolute Gasteiger partial charge is 0.321 e. The quantitative estimate of drug-likeness (QED) is 0.780. The second-order valence-electron chi connectivity index (χ2n) is 4.17.